The molecular weight excluding hydrogens is 408 g/mol. The van der Waals surface area contributed by atoms with Gasteiger partial charge in [0.05, 0.1) is 18.5 Å². The van der Waals surface area contributed by atoms with Gasteiger partial charge in [0.25, 0.3) is 5.56 Å². The van der Waals surface area contributed by atoms with Crippen molar-refractivity contribution < 1.29 is 14.3 Å². The Hall–Kier alpha value is -4.33. The zero-order valence-corrected chi connectivity index (χ0v) is 17.7. The summed E-state index contributed by atoms with van der Waals surface area (Å²) in [5.41, 5.74) is 2.97. The lowest BCUT2D eigenvalue weighted by molar-refractivity contribution is 0.262. The fraction of sp³-hybridized carbons (Fsp3) is 0.125. The Morgan fingerprint density at radius 3 is 2.72 bits per heavy atom. The number of nitrogens with zero attached hydrogens (tertiary/aromatic N) is 2. The van der Waals surface area contributed by atoms with Crippen LogP contribution < -0.4 is 25.7 Å². The summed E-state index contributed by atoms with van der Waals surface area (Å²) in [6, 6.07) is 18.9. The summed E-state index contributed by atoms with van der Waals surface area (Å²) in [7, 11) is 1.54. The number of benzene rings is 2. The van der Waals surface area contributed by atoms with E-state index in [4.69, 9.17) is 9.47 Å². The largest absolute Gasteiger partial charge is 0.495 e. The molecule has 4 aromatic rings. The van der Waals surface area contributed by atoms with Crippen molar-refractivity contribution in [3.05, 3.63) is 94.5 Å². The van der Waals surface area contributed by atoms with Crippen molar-refractivity contribution in [2.75, 3.05) is 17.7 Å². The topological polar surface area (TPSA) is 94.0 Å². The maximum absolute atomic E-state index is 12.4. The van der Waals surface area contributed by atoms with Gasteiger partial charge in [-0.2, -0.15) is 0 Å². The normalized spacial score (nSPS) is 10.6. The number of hydrogen-bond donors (Lipinski definition) is 2. The van der Waals surface area contributed by atoms with Gasteiger partial charge >= 0.3 is 6.03 Å². The molecule has 0 aliphatic carbocycles. The van der Waals surface area contributed by atoms with E-state index in [1.165, 1.54) is 10.5 Å². The average molecular weight is 430 g/mol. The number of para-hydroxylation sites is 2. The molecule has 2 N–H and O–H groups in total. The number of rotatable bonds is 6. The smallest absolute Gasteiger partial charge is 0.323 e. The van der Waals surface area contributed by atoms with Crippen LogP contribution in [0.3, 0.4) is 0 Å². The standard InChI is InChI=1S/C24H22N4O4/c1-16-7-6-12-28-22(29)14-18(25-23(16)28)15-32-19-9-5-8-17(13-19)26-24(30)27-20-10-3-4-11-21(20)31-2/h3-14H,15H2,1-2H3,(H2,26,27,30). The molecule has 4 rings (SSSR count). The number of methoxy groups -OCH3 is 1. The summed E-state index contributed by atoms with van der Waals surface area (Å²) in [5, 5.41) is 5.52. The van der Waals surface area contributed by atoms with Crippen molar-refractivity contribution in [2.24, 2.45) is 0 Å². The first-order valence-electron chi connectivity index (χ1n) is 9.95. The van der Waals surface area contributed by atoms with Crippen LogP contribution in [-0.4, -0.2) is 22.5 Å². The van der Waals surface area contributed by atoms with Crippen molar-refractivity contribution in [2.45, 2.75) is 13.5 Å². The highest BCUT2D eigenvalue weighted by molar-refractivity contribution is 6.00. The first-order valence-corrected chi connectivity index (χ1v) is 9.95. The van der Waals surface area contributed by atoms with Crippen molar-refractivity contribution in [1.82, 2.24) is 9.38 Å². The summed E-state index contributed by atoms with van der Waals surface area (Å²) in [6.07, 6.45) is 1.69. The highest BCUT2D eigenvalue weighted by Crippen LogP contribution is 2.24. The van der Waals surface area contributed by atoms with E-state index in [-0.39, 0.29) is 12.2 Å². The number of amides is 2. The Morgan fingerprint density at radius 1 is 1.03 bits per heavy atom. The van der Waals surface area contributed by atoms with Gasteiger partial charge in [0.2, 0.25) is 0 Å². The molecule has 8 heteroatoms. The third-order valence-electron chi connectivity index (χ3n) is 4.77. The number of anilines is 2. The first kappa shape index (κ1) is 20.9. The quantitative estimate of drug-likeness (QED) is 0.477. The predicted molar refractivity (Wildman–Crippen MR) is 123 cm³/mol. The van der Waals surface area contributed by atoms with Gasteiger partial charge in [-0.1, -0.05) is 24.3 Å². The molecule has 0 unspecified atom stereocenters. The van der Waals surface area contributed by atoms with E-state index >= 15 is 0 Å². The summed E-state index contributed by atoms with van der Waals surface area (Å²) in [4.78, 5) is 29.2. The lowest BCUT2D eigenvalue weighted by Gasteiger charge is -2.12. The predicted octanol–water partition coefficient (Wildman–Crippen LogP) is 4.23. The van der Waals surface area contributed by atoms with E-state index in [0.717, 1.165) is 5.56 Å². The van der Waals surface area contributed by atoms with Gasteiger partial charge in [0.15, 0.2) is 0 Å². The molecule has 0 aliphatic rings. The number of aryl methyl sites for hydroxylation is 1. The zero-order chi connectivity index (χ0) is 22.5. The minimum Gasteiger partial charge on any atom is -0.495 e. The highest BCUT2D eigenvalue weighted by atomic mass is 16.5. The molecule has 0 fully saturated rings. The lowest BCUT2D eigenvalue weighted by atomic mass is 10.3. The number of aromatic nitrogens is 2. The molecule has 2 amide bonds. The number of nitrogens with one attached hydrogen (secondary N) is 2. The van der Waals surface area contributed by atoms with Crippen molar-refractivity contribution in [3.63, 3.8) is 0 Å². The van der Waals surface area contributed by atoms with Gasteiger partial charge in [-0.25, -0.2) is 9.78 Å². The van der Waals surface area contributed by atoms with Crippen molar-refractivity contribution in [1.29, 1.82) is 0 Å². The van der Waals surface area contributed by atoms with Gasteiger partial charge in [0, 0.05) is 24.0 Å². The second-order valence-electron chi connectivity index (χ2n) is 7.07. The SMILES string of the molecule is COc1ccccc1NC(=O)Nc1cccc(OCc2cc(=O)n3cccc(C)c3n2)c1. The summed E-state index contributed by atoms with van der Waals surface area (Å²) < 4.78 is 12.6. The second kappa shape index (κ2) is 9.22. The fourth-order valence-corrected chi connectivity index (χ4v) is 3.24. The second-order valence-corrected chi connectivity index (χ2v) is 7.07. The van der Waals surface area contributed by atoms with Crippen LogP contribution in [-0.2, 0) is 6.61 Å². The van der Waals surface area contributed by atoms with Crippen molar-refractivity contribution in [3.8, 4) is 11.5 Å². The van der Waals surface area contributed by atoms with Crippen LogP contribution in [0.4, 0.5) is 16.2 Å². The summed E-state index contributed by atoms with van der Waals surface area (Å²) in [5.74, 6) is 1.10. The molecule has 2 aromatic carbocycles. The molecule has 162 valence electrons. The molecule has 0 aliphatic heterocycles. The molecule has 0 bridgehead atoms. The Kier molecular flexibility index (Phi) is 6.03. The number of fused-ring (bicyclic) bond motifs is 1. The number of urea groups is 1. The van der Waals surface area contributed by atoms with E-state index in [0.29, 0.717) is 34.2 Å². The van der Waals surface area contributed by atoms with Gasteiger partial charge in [0.1, 0.15) is 23.8 Å². The Bertz CT molecular complexity index is 1330. The monoisotopic (exact) mass is 430 g/mol. The Morgan fingerprint density at radius 2 is 1.88 bits per heavy atom. The molecule has 32 heavy (non-hydrogen) atoms. The Labute approximate surface area is 184 Å². The minimum atomic E-state index is -0.411. The maximum atomic E-state index is 12.4. The van der Waals surface area contributed by atoms with Crippen LogP contribution in [0.15, 0.2) is 77.7 Å². The van der Waals surface area contributed by atoms with Gasteiger partial charge < -0.3 is 20.1 Å². The van der Waals surface area contributed by atoms with Crippen molar-refractivity contribution >= 4 is 23.1 Å². The van der Waals surface area contributed by atoms with Crippen LogP contribution >= 0.6 is 0 Å². The average Bonchev–Trinajstić information content (AvgIpc) is 2.79. The molecule has 2 heterocycles. The minimum absolute atomic E-state index is 0.122. The van der Waals surface area contributed by atoms with E-state index in [9.17, 15) is 9.59 Å². The van der Waals surface area contributed by atoms with Crippen LogP contribution in [0.5, 0.6) is 11.5 Å². The van der Waals surface area contributed by atoms with Gasteiger partial charge in [-0.15, -0.1) is 0 Å². The van der Waals surface area contributed by atoms with Crippen LogP contribution in [0.2, 0.25) is 0 Å². The first-order chi connectivity index (χ1) is 15.5. The molecule has 0 radical (unpaired) electrons. The maximum Gasteiger partial charge on any atom is 0.323 e. The van der Waals surface area contributed by atoms with E-state index in [1.54, 1.807) is 55.8 Å². The van der Waals surface area contributed by atoms with Crippen LogP contribution in [0.1, 0.15) is 11.3 Å². The van der Waals surface area contributed by atoms with Crippen LogP contribution in [0, 0.1) is 6.92 Å². The molecule has 0 spiro atoms. The van der Waals surface area contributed by atoms with Gasteiger partial charge in [-0.05, 0) is 42.8 Å². The number of carbonyl (C=O) groups excluding carboxylic acids is 1. The van der Waals surface area contributed by atoms with E-state index in [2.05, 4.69) is 15.6 Å². The number of hydrogen-bond acceptors (Lipinski definition) is 5. The third kappa shape index (κ3) is 4.70. The number of ether oxygens (including phenoxy) is 2. The highest BCUT2D eigenvalue weighted by Gasteiger charge is 2.09. The number of carbonyl (C=O) groups is 1. The van der Waals surface area contributed by atoms with E-state index in [1.807, 2.05) is 25.1 Å². The summed E-state index contributed by atoms with van der Waals surface area (Å²) >= 11 is 0. The lowest BCUT2D eigenvalue weighted by Crippen LogP contribution is -2.19. The zero-order valence-electron chi connectivity index (χ0n) is 17.7. The van der Waals surface area contributed by atoms with Gasteiger partial charge in [-0.3, -0.25) is 9.20 Å². The van der Waals surface area contributed by atoms with E-state index < -0.39 is 6.03 Å². The molecule has 2 aromatic heterocycles. The molecule has 0 saturated carbocycles. The number of pyridine rings is 1. The molecule has 0 saturated heterocycles. The molecule has 0 atom stereocenters. The molecule has 8 nitrogen and oxygen atoms in total. The third-order valence-corrected chi connectivity index (χ3v) is 4.77. The summed E-state index contributed by atoms with van der Waals surface area (Å²) in [6.45, 7) is 2.02. The molecular formula is C24H22N4O4. The van der Waals surface area contributed by atoms with Crippen LogP contribution in [0.25, 0.3) is 5.65 Å². The Balaban J connectivity index is 1.43. The fourth-order valence-electron chi connectivity index (χ4n) is 3.24.